The molecule has 2 aromatic rings. The lowest BCUT2D eigenvalue weighted by molar-refractivity contribution is -0.142. The number of carbonyl (C=O) groups excluding carboxylic acids is 2. The number of nitrogens with zero attached hydrogens (tertiary/aromatic N) is 1. The van der Waals surface area contributed by atoms with Gasteiger partial charge >= 0.3 is 0 Å². The largest absolute Gasteiger partial charge is 0.484 e. The number of aryl methyl sites for hydroxylation is 2. The van der Waals surface area contributed by atoms with E-state index in [0.717, 1.165) is 22.0 Å². The first-order valence-corrected chi connectivity index (χ1v) is 11.2. The predicted octanol–water partition coefficient (Wildman–Crippen LogP) is 4.92. The van der Waals surface area contributed by atoms with Gasteiger partial charge in [-0.15, -0.1) is 0 Å². The van der Waals surface area contributed by atoms with E-state index in [-0.39, 0.29) is 25.1 Å². The maximum absolute atomic E-state index is 14.2. The van der Waals surface area contributed by atoms with Gasteiger partial charge in [0.15, 0.2) is 6.61 Å². The maximum Gasteiger partial charge on any atom is 0.261 e. The molecule has 0 radical (unpaired) electrons. The second-order valence-electron chi connectivity index (χ2n) is 7.77. The highest BCUT2D eigenvalue weighted by molar-refractivity contribution is 9.10. The van der Waals surface area contributed by atoms with Crippen LogP contribution in [0, 0.1) is 19.7 Å². The molecule has 0 spiro atoms. The van der Waals surface area contributed by atoms with E-state index in [0.29, 0.717) is 11.3 Å². The van der Waals surface area contributed by atoms with E-state index in [1.54, 1.807) is 25.1 Å². The third-order valence-corrected chi connectivity index (χ3v) is 6.49. The van der Waals surface area contributed by atoms with Crippen molar-refractivity contribution in [2.24, 2.45) is 0 Å². The van der Waals surface area contributed by atoms with E-state index >= 15 is 0 Å². The summed E-state index contributed by atoms with van der Waals surface area (Å²) in [6, 6.07) is 9.11. The van der Waals surface area contributed by atoms with Crippen LogP contribution in [0.2, 0.25) is 0 Å². The fraction of sp³-hybridized carbons (Fsp3) is 0.417. The molecule has 7 heteroatoms. The minimum Gasteiger partial charge on any atom is -0.484 e. The van der Waals surface area contributed by atoms with Crippen molar-refractivity contribution in [2.75, 3.05) is 6.61 Å². The zero-order valence-electron chi connectivity index (χ0n) is 18.7. The maximum atomic E-state index is 14.2. The number of rotatable bonds is 9. The molecule has 2 amide bonds. The third-order valence-electron chi connectivity index (χ3n) is 5.24. The van der Waals surface area contributed by atoms with Gasteiger partial charge in [-0.25, -0.2) is 4.39 Å². The molecule has 31 heavy (non-hydrogen) atoms. The van der Waals surface area contributed by atoms with Gasteiger partial charge in [0.25, 0.3) is 5.91 Å². The minimum atomic E-state index is -0.780. The topological polar surface area (TPSA) is 58.6 Å². The van der Waals surface area contributed by atoms with E-state index in [1.165, 1.54) is 11.0 Å². The molecular formula is C24H30BrFN2O3. The van der Waals surface area contributed by atoms with Crippen molar-refractivity contribution in [3.05, 3.63) is 63.4 Å². The van der Waals surface area contributed by atoms with Crippen molar-refractivity contribution in [1.82, 2.24) is 10.2 Å². The third kappa shape index (κ3) is 6.79. The van der Waals surface area contributed by atoms with Crippen molar-refractivity contribution in [3.8, 4) is 5.75 Å². The molecule has 0 unspecified atom stereocenters. The standard InChI is InChI=1S/C24H30BrFN2O3/c1-6-17(4)27-24(30)18(5)28(13-19-9-7-8-10-21(19)26)22(29)14-31-20-11-15(2)23(25)16(3)12-20/h7-12,17-18H,6,13-14H2,1-5H3,(H,27,30)/t17-,18-/m1/s1. The summed E-state index contributed by atoms with van der Waals surface area (Å²) >= 11 is 3.51. The number of amides is 2. The number of ether oxygens (including phenoxy) is 1. The number of halogens is 2. The number of hydrogen-bond acceptors (Lipinski definition) is 3. The summed E-state index contributed by atoms with van der Waals surface area (Å²) in [6.45, 7) is 9.11. The Labute approximate surface area is 192 Å². The monoisotopic (exact) mass is 492 g/mol. The van der Waals surface area contributed by atoms with E-state index in [2.05, 4.69) is 21.2 Å². The molecule has 0 aromatic heterocycles. The molecule has 2 aromatic carbocycles. The zero-order valence-corrected chi connectivity index (χ0v) is 20.3. The van der Waals surface area contributed by atoms with Crippen molar-refractivity contribution in [1.29, 1.82) is 0 Å². The number of nitrogens with one attached hydrogen (secondary N) is 1. The molecule has 168 valence electrons. The lowest BCUT2D eigenvalue weighted by Crippen LogP contribution is -2.50. The zero-order chi connectivity index (χ0) is 23.1. The lowest BCUT2D eigenvalue weighted by atomic mass is 10.1. The second-order valence-corrected chi connectivity index (χ2v) is 8.56. The Morgan fingerprint density at radius 2 is 1.77 bits per heavy atom. The van der Waals surface area contributed by atoms with Crippen LogP contribution in [0.4, 0.5) is 4.39 Å². The summed E-state index contributed by atoms with van der Waals surface area (Å²) in [6.07, 6.45) is 0.769. The normalized spacial score (nSPS) is 12.7. The van der Waals surface area contributed by atoms with E-state index in [4.69, 9.17) is 4.74 Å². The van der Waals surface area contributed by atoms with Crippen LogP contribution >= 0.6 is 15.9 Å². The van der Waals surface area contributed by atoms with Gasteiger partial charge < -0.3 is 15.0 Å². The molecule has 0 heterocycles. The SMILES string of the molecule is CC[C@@H](C)NC(=O)[C@@H](C)N(Cc1ccccc1F)C(=O)COc1cc(C)c(Br)c(C)c1. The molecule has 0 saturated carbocycles. The van der Waals surface area contributed by atoms with Crippen LogP contribution in [-0.4, -0.2) is 35.4 Å². The molecule has 0 bridgehead atoms. The highest BCUT2D eigenvalue weighted by atomic mass is 79.9. The summed E-state index contributed by atoms with van der Waals surface area (Å²) in [4.78, 5) is 27.1. The first-order chi connectivity index (χ1) is 14.6. The molecule has 0 aliphatic heterocycles. The summed E-state index contributed by atoms with van der Waals surface area (Å²) in [5, 5.41) is 2.89. The Balaban J connectivity index is 2.21. The Kier molecular flexibility index (Phi) is 9.04. The molecule has 2 atom stereocenters. The Bertz CT molecular complexity index is 912. The predicted molar refractivity (Wildman–Crippen MR) is 123 cm³/mol. The van der Waals surface area contributed by atoms with Crippen LogP contribution in [0.3, 0.4) is 0 Å². The Morgan fingerprint density at radius 3 is 2.35 bits per heavy atom. The van der Waals surface area contributed by atoms with Gasteiger partial charge in [-0.05, 0) is 63.4 Å². The van der Waals surface area contributed by atoms with Gasteiger partial charge in [0.2, 0.25) is 5.91 Å². The summed E-state index contributed by atoms with van der Waals surface area (Å²) in [5.74, 6) is -0.535. The molecule has 5 nitrogen and oxygen atoms in total. The van der Waals surface area contributed by atoms with Gasteiger partial charge in [-0.2, -0.15) is 0 Å². The average molecular weight is 493 g/mol. The summed E-state index contributed by atoms with van der Waals surface area (Å²) in [7, 11) is 0. The quantitative estimate of drug-likeness (QED) is 0.540. The smallest absolute Gasteiger partial charge is 0.261 e. The average Bonchev–Trinajstić information content (AvgIpc) is 2.74. The summed E-state index contributed by atoms with van der Waals surface area (Å²) in [5.41, 5.74) is 2.33. The molecule has 0 saturated heterocycles. The molecule has 0 fully saturated rings. The van der Waals surface area contributed by atoms with Crippen LogP contribution < -0.4 is 10.1 Å². The van der Waals surface area contributed by atoms with Gasteiger partial charge in [0.1, 0.15) is 17.6 Å². The highest BCUT2D eigenvalue weighted by Crippen LogP contribution is 2.26. The van der Waals surface area contributed by atoms with Gasteiger partial charge in [-0.3, -0.25) is 9.59 Å². The molecule has 1 N–H and O–H groups in total. The van der Waals surface area contributed by atoms with Gasteiger partial charge in [0, 0.05) is 22.6 Å². The molecule has 0 aliphatic rings. The van der Waals surface area contributed by atoms with Crippen molar-refractivity contribution >= 4 is 27.7 Å². The first kappa shape index (κ1) is 24.9. The van der Waals surface area contributed by atoms with Crippen LogP contribution in [-0.2, 0) is 16.1 Å². The number of hydrogen-bond donors (Lipinski definition) is 1. The van der Waals surface area contributed by atoms with Crippen LogP contribution in [0.5, 0.6) is 5.75 Å². The fourth-order valence-electron chi connectivity index (χ4n) is 3.08. The number of benzene rings is 2. The minimum absolute atomic E-state index is 0.0228. The van der Waals surface area contributed by atoms with Crippen LogP contribution in [0.1, 0.15) is 43.9 Å². The van der Waals surface area contributed by atoms with Crippen molar-refractivity contribution < 1.29 is 18.7 Å². The van der Waals surface area contributed by atoms with Crippen LogP contribution in [0.15, 0.2) is 40.9 Å². The van der Waals surface area contributed by atoms with Gasteiger partial charge in [-0.1, -0.05) is 41.1 Å². The molecule has 2 rings (SSSR count). The first-order valence-electron chi connectivity index (χ1n) is 10.4. The second kappa shape index (κ2) is 11.3. The van der Waals surface area contributed by atoms with Gasteiger partial charge in [0.05, 0.1) is 0 Å². The van der Waals surface area contributed by atoms with E-state index in [1.807, 2.05) is 39.8 Å². The Morgan fingerprint density at radius 1 is 1.16 bits per heavy atom. The van der Waals surface area contributed by atoms with Crippen LogP contribution in [0.25, 0.3) is 0 Å². The summed E-state index contributed by atoms with van der Waals surface area (Å²) < 4.78 is 21.0. The fourth-order valence-corrected chi connectivity index (χ4v) is 3.30. The highest BCUT2D eigenvalue weighted by Gasteiger charge is 2.28. The van der Waals surface area contributed by atoms with Crippen molar-refractivity contribution in [3.63, 3.8) is 0 Å². The molecule has 0 aliphatic carbocycles. The van der Waals surface area contributed by atoms with Crippen molar-refractivity contribution in [2.45, 2.75) is 59.7 Å². The molecular weight excluding hydrogens is 463 g/mol. The number of carbonyl (C=O) groups is 2. The Hall–Kier alpha value is -2.41. The van der Waals surface area contributed by atoms with E-state index < -0.39 is 17.8 Å². The lowest BCUT2D eigenvalue weighted by Gasteiger charge is -2.29. The van der Waals surface area contributed by atoms with E-state index in [9.17, 15) is 14.0 Å².